The van der Waals surface area contributed by atoms with Crippen LogP contribution < -0.4 is 5.32 Å². The van der Waals surface area contributed by atoms with E-state index in [1.54, 1.807) is 0 Å². The van der Waals surface area contributed by atoms with Gasteiger partial charge < -0.3 is 10.1 Å². The summed E-state index contributed by atoms with van der Waals surface area (Å²) in [5.41, 5.74) is 0. The van der Waals surface area contributed by atoms with Gasteiger partial charge in [0.15, 0.2) is 5.88 Å². The first-order chi connectivity index (χ1) is 4.43. The Kier molecular flexibility index (Phi) is 3.17. The average molecular weight is 239 g/mol. The lowest BCUT2D eigenvalue weighted by Crippen LogP contribution is -2.19. The van der Waals surface area contributed by atoms with Crippen molar-refractivity contribution in [1.29, 1.82) is 0 Å². The molecule has 1 rings (SSSR count). The minimum atomic E-state index is 0.733. The van der Waals surface area contributed by atoms with Gasteiger partial charge in [-0.15, -0.1) is 0 Å². The van der Waals surface area contributed by atoms with Crippen LogP contribution in [0, 0.1) is 0 Å². The van der Waals surface area contributed by atoms with Gasteiger partial charge in [-0.2, -0.15) is 0 Å². The molecular weight excluding hydrogens is 229 g/mol. The average Bonchev–Trinajstić information content (AvgIpc) is 1.91. The second kappa shape index (κ2) is 3.98. The molecule has 0 atom stereocenters. The summed E-state index contributed by atoms with van der Waals surface area (Å²) in [5.74, 6) is 0.954. The summed E-state index contributed by atoms with van der Waals surface area (Å²) in [6.45, 7) is 1.06. The van der Waals surface area contributed by atoms with Crippen molar-refractivity contribution >= 4 is 22.6 Å². The lowest BCUT2D eigenvalue weighted by atomic mass is 10.2. The number of ether oxygens (including phenoxy) is 1. The second-order valence-electron chi connectivity index (χ2n) is 1.89. The van der Waals surface area contributed by atoms with Crippen molar-refractivity contribution in [3.05, 3.63) is 12.0 Å². The third kappa shape index (κ3) is 2.43. The predicted molar refractivity (Wildman–Crippen MR) is 45.3 cm³/mol. The van der Waals surface area contributed by atoms with Crippen LogP contribution in [0.4, 0.5) is 0 Å². The summed E-state index contributed by atoms with van der Waals surface area (Å²) in [7, 11) is 0. The molecule has 2 nitrogen and oxygen atoms in total. The molecule has 0 aromatic rings. The van der Waals surface area contributed by atoms with Crippen LogP contribution in [-0.4, -0.2) is 11.2 Å². The Morgan fingerprint density at radius 1 is 1.78 bits per heavy atom. The number of rotatable bonds is 2. The molecule has 0 amide bonds. The maximum atomic E-state index is 5.22. The van der Waals surface area contributed by atoms with Gasteiger partial charge in [-0.3, -0.25) is 0 Å². The molecule has 0 saturated carbocycles. The molecule has 0 aromatic heterocycles. The van der Waals surface area contributed by atoms with Crippen LogP contribution in [0.5, 0.6) is 0 Å². The fourth-order valence-electron chi connectivity index (χ4n) is 0.788. The summed E-state index contributed by atoms with van der Waals surface area (Å²) >= 11 is 2.19. The SMILES string of the molecule is ICOC1=CCCCN1. The second-order valence-corrected chi connectivity index (χ2v) is 2.51. The molecule has 9 heavy (non-hydrogen) atoms. The van der Waals surface area contributed by atoms with Gasteiger partial charge in [-0.05, 0) is 41.5 Å². The van der Waals surface area contributed by atoms with E-state index in [4.69, 9.17) is 4.74 Å². The Hall–Kier alpha value is 0.0700. The summed E-state index contributed by atoms with van der Waals surface area (Å²) in [6, 6.07) is 0. The van der Waals surface area contributed by atoms with Gasteiger partial charge >= 0.3 is 0 Å². The highest BCUT2D eigenvalue weighted by atomic mass is 127. The van der Waals surface area contributed by atoms with E-state index in [1.807, 2.05) is 0 Å². The van der Waals surface area contributed by atoms with Crippen molar-refractivity contribution in [3.8, 4) is 0 Å². The molecule has 1 N–H and O–H groups in total. The van der Waals surface area contributed by atoms with E-state index in [-0.39, 0.29) is 0 Å². The van der Waals surface area contributed by atoms with Gasteiger partial charge in [0, 0.05) is 6.54 Å². The summed E-state index contributed by atoms with van der Waals surface area (Å²) in [6.07, 6.45) is 4.48. The highest BCUT2D eigenvalue weighted by molar-refractivity contribution is 14.1. The Balaban J connectivity index is 2.28. The Bertz CT molecular complexity index is 114. The highest BCUT2D eigenvalue weighted by Gasteiger charge is 2.00. The third-order valence-electron chi connectivity index (χ3n) is 1.22. The van der Waals surface area contributed by atoms with E-state index in [9.17, 15) is 0 Å². The van der Waals surface area contributed by atoms with Gasteiger partial charge in [0.2, 0.25) is 0 Å². The molecular formula is C6H10INO. The maximum absolute atomic E-state index is 5.22. The van der Waals surface area contributed by atoms with E-state index < -0.39 is 0 Å². The fourth-order valence-corrected chi connectivity index (χ4v) is 1.12. The molecule has 0 aliphatic carbocycles. The van der Waals surface area contributed by atoms with Gasteiger partial charge in [-0.1, -0.05) is 0 Å². The minimum Gasteiger partial charge on any atom is -0.469 e. The van der Waals surface area contributed by atoms with E-state index in [1.165, 1.54) is 6.42 Å². The smallest absolute Gasteiger partial charge is 0.183 e. The molecule has 0 radical (unpaired) electrons. The van der Waals surface area contributed by atoms with Gasteiger partial charge in [0.25, 0.3) is 0 Å². The molecule has 0 spiro atoms. The topological polar surface area (TPSA) is 21.3 Å². The van der Waals surface area contributed by atoms with Crippen LogP contribution in [0.25, 0.3) is 0 Å². The van der Waals surface area contributed by atoms with Crippen LogP contribution in [0.15, 0.2) is 12.0 Å². The summed E-state index contributed by atoms with van der Waals surface area (Å²) in [5, 5.41) is 3.15. The van der Waals surface area contributed by atoms with E-state index in [0.29, 0.717) is 0 Å². The van der Waals surface area contributed by atoms with Crippen molar-refractivity contribution in [3.63, 3.8) is 0 Å². The Labute approximate surface area is 68.8 Å². The standard InChI is InChI=1S/C6H10INO/c7-5-9-6-3-1-2-4-8-6/h3,8H,1-2,4-5H2. The molecule has 0 bridgehead atoms. The molecule has 1 aliphatic rings. The molecule has 1 aliphatic heterocycles. The van der Waals surface area contributed by atoms with Crippen LogP contribution >= 0.6 is 22.6 Å². The molecule has 3 heteroatoms. The number of nitrogens with one attached hydrogen (secondary N) is 1. The number of hydrogen-bond donors (Lipinski definition) is 1. The third-order valence-corrected chi connectivity index (χ3v) is 1.53. The van der Waals surface area contributed by atoms with E-state index in [2.05, 4.69) is 34.0 Å². The molecule has 0 fully saturated rings. The van der Waals surface area contributed by atoms with E-state index >= 15 is 0 Å². The van der Waals surface area contributed by atoms with Crippen molar-refractivity contribution < 1.29 is 4.74 Å². The zero-order valence-corrected chi connectivity index (χ0v) is 7.35. The summed E-state index contributed by atoms with van der Waals surface area (Å²) < 4.78 is 5.95. The maximum Gasteiger partial charge on any atom is 0.183 e. The minimum absolute atomic E-state index is 0.733. The molecule has 0 aromatic carbocycles. The lowest BCUT2D eigenvalue weighted by molar-refractivity contribution is 0.245. The van der Waals surface area contributed by atoms with Crippen molar-refractivity contribution in [2.45, 2.75) is 12.8 Å². The van der Waals surface area contributed by atoms with Crippen molar-refractivity contribution in [2.24, 2.45) is 0 Å². The Morgan fingerprint density at radius 3 is 3.22 bits per heavy atom. The number of halogens is 1. The van der Waals surface area contributed by atoms with E-state index in [0.717, 1.165) is 23.5 Å². The van der Waals surface area contributed by atoms with Gasteiger partial charge in [0.05, 0.1) is 0 Å². The first-order valence-corrected chi connectivity index (χ1v) is 4.59. The molecule has 0 unspecified atom stereocenters. The first-order valence-electron chi connectivity index (χ1n) is 3.06. The fraction of sp³-hybridized carbons (Fsp3) is 0.667. The monoisotopic (exact) mass is 239 g/mol. The summed E-state index contributed by atoms with van der Waals surface area (Å²) in [4.78, 5) is 0. The van der Waals surface area contributed by atoms with Crippen LogP contribution in [0.3, 0.4) is 0 Å². The predicted octanol–water partition coefficient (Wildman–Crippen LogP) is 1.62. The molecule has 0 saturated heterocycles. The Morgan fingerprint density at radius 2 is 2.67 bits per heavy atom. The number of allylic oxidation sites excluding steroid dienone is 1. The number of alkyl halides is 1. The zero-order valence-electron chi connectivity index (χ0n) is 5.19. The molecule has 1 heterocycles. The lowest BCUT2D eigenvalue weighted by Gasteiger charge is -2.14. The van der Waals surface area contributed by atoms with Gasteiger partial charge in [-0.25, -0.2) is 0 Å². The van der Waals surface area contributed by atoms with Crippen molar-refractivity contribution in [1.82, 2.24) is 5.32 Å². The largest absolute Gasteiger partial charge is 0.469 e. The van der Waals surface area contributed by atoms with Crippen LogP contribution in [0.2, 0.25) is 0 Å². The number of hydrogen-bond acceptors (Lipinski definition) is 2. The normalized spacial score (nSPS) is 18.1. The van der Waals surface area contributed by atoms with Crippen molar-refractivity contribution in [2.75, 3.05) is 11.2 Å². The first kappa shape index (κ1) is 7.18. The van der Waals surface area contributed by atoms with Crippen LogP contribution in [0.1, 0.15) is 12.8 Å². The zero-order chi connectivity index (χ0) is 6.53. The quantitative estimate of drug-likeness (QED) is 0.584. The van der Waals surface area contributed by atoms with Gasteiger partial charge in [0.1, 0.15) is 4.61 Å². The highest BCUT2D eigenvalue weighted by Crippen LogP contribution is 2.04. The van der Waals surface area contributed by atoms with Crippen LogP contribution in [-0.2, 0) is 4.74 Å². The molecule has 52 valence electrons.